The third kappa shape index (κ3) is 3.68. The Kier molecular flexibility index (Phi) is 5.43. The van der Waals surface area contributed by atoms with E-state index in [-0.39, 0.29) is 11.2 Å². The molecule has 0 fully saturated rings. The van der Waals surface area contributed by atoms with Crippen LogP contribution in [-0.4, -0.2) is 35.7 Å². The summed E-state index contributed by atoms with van der Waals surface area (Å²) in [5.41, 5.74) is 3.67. The summed E-state index contributed by atoms with van der Waals surface area (Å²) in [6, 6.07) is 13.2. The Balaban J connectivity index is 1.86. The largest absolute Gasteiger partial charge is 0.493 e. The number of thioether (sulfide) groups is 1. The fourth-order valence-corrected chi connectivity index (χ4v) is 4.74. The molecule has 0 radical (unpaired) electrons. The first kappa shape index (κ1) is 19.7. The zero-order valence-corrected chi connectivity index (χ0v) is 17.8. The number of hydrogen-bond donors (Lipinski definition) is 1. The molecule has 1 aliphatic heterocycles. The second-order valence-electron chi connectivity index (χ2n) is 6.59. The third-order valence-corrected chi connectivity index (χ3v) is 6.31. The highest BCUT2D eigenvalue weighted by atomic mass is 35.5. The van der Waals surface area contributed by atoms with Crippen molar-refractivity contribution in [3.63, 3.8) is 0 Å². The van der Waals surface area contributed by atoms with E-state index >= 15 is 0 Å². The summed E-state index contributed by atoms with van der Waals surface area (Å²) in [5.74, 6) is 2.28. The topological polar surface area (TPSA) is 65.4 Å². The van der Waals surface area contributed by atoms with E-state index < -0.39 is 0 Å². The zero-order chi connectivity index (χ0) is 20.5. The van der Waals surface area contributed by atoms with Crippen molar-refractivity contribution < 1.29 is 14.3 Å². The number of carbonyl (C=O) groups excluding carboxylic acids is 1. The van der Waals surface area contributed by atoms with Crippen LogP contribution in [0.4, 0.5) is 5.82 Å². The summed E-state index contributed by atoms with van der Waals surface area (Å²) in [7, 11) is 3.22. The van der Waals surface area contributed by atoms with Gasteiger partial charge in [-0.15, -0.1) is 11.8 Å². The Hall–Kier alpha value is -2.64. The minimum atomic E-state index is -0.0789. The first-order valence-electron chi connectivity index (χ1n) is 9.00. The van der Waals surface area contributed by atoms with Gasteiger partial charge in [0.2, 0.25) is 5.91 Å². The van der Waals surface area contributed by atoms with Gasteiger partial charge in [-0.1, -0.05) is 17.7 Å². The van der Waals surface area contributed by atoms with Crippen molar-refractivity contribution in [2.45, 2.75) is 12.2 Å². The number of hydrogen-bond acceptors (Lipinski definition) is 5. The number of aromatic nitrogens is 2. The Morgan fingerprint density at radius 1 is 1.14 bits per heavy atom. The average molecular weight is 430 g/mol. The number of ether oxygens (including phenoxy) is 2. The van der Waals surface area contributed by atoms with Crippen molar-refractivity contribution in [3.05, 3.63) is 64.3 Å². The Labute approximate surface area is 178 Å². The van der Waals surface area contributed by atoms with Gasteiger partial charge in [-0.25, -0.2) is 4.68 Å². The van der Waals surface area contributed by atoms with E-state index in [9.17, 15) is 4.79 Å². The highest BCUT2D eigenvalue weighted by molar-refractivity contribution is 8.00. The number of fused-ring (bicyclic) bond motifs is 1. The number of carbonyl (C=O) groups is 1. The number of aryl methyl sites for hydroxylation is 1. The van der Waals surface area contributed by atoms with E-state index in [1.807, 2.05) is 37.3 Å². The smallest absolute Gasteiger partial charge is 0.235 e. The predicted octanol–water partition coefficient (Wildman–Crippen LogP) is 4.63. The van der Waals surface area contributed by atoms with Gasteiger partial charge in [-0.05, 0) is 48.9 Å². The van der Waals surface area contributed by atoms with Gasteiger partial charge >= 0.3 is 0 Å². The van der Waals surface area contributed by atoms with Crippen LogP contribution in [0.3, 0.4) is 0 Å². The van der Waals surface area contributed by atoms with Crippen molar-refractivity contribution in [1.82, 2.24) is 9.78 Å². The lowest BCUT2D eigenvalue weighted by Gasteiger charge is -2.17. The SMILES string of the molecule is COc1ccc([C@@H]2SCC(=O)Nc3c2c(C)nn3-c2ccc(Cl)cc2)cc1OC. The van der Waals surface area contributed by atoms with Gasteiger partial charge in [0.05, 0.1) is 36.6 Å². The van der Waals surface area contributed by atoms with Gasteiger partial charge in [0, 0.05) is 10.6 Å². The maximum atomic E-state index is 12.5. The number of benzene rings is 2. The van der Waals surface area contributed by atoms with Crippen LogP contribution in [0.15, 0.2) is 42.5 Å². The second kappa shape index (κ2) is 8.00. The molecule has 6 nitrogen and oxygen atoms in total. The molecule has 3 aromatic rings. The van der Waals surface area contributed by atoms with Crippen molar-refractivity contribution in [1.29, 1.82) is 0 Å². The van der Waals surface area contributed by atoms with Gasteiger partial charge in [-0.3, -0.25) is 4.79 Å². The van der Waals surface area contributed by atoms with Crippen molar-refractivity contribution in [2.75, 3.05) is 25.3 Å². The molecule has 4 rings (SSSR count). The maximum absolute atomic E-state index is 12.5. The molecule has 8 heteroatoms. The Morgan fingerprint density at radius 2 is 1.86 bits per heavy atom. The van der Waals surface area contributed by atoms with Crippen LogP contribution in [-0.2, 0) is 4.79 Å². The number of rotatable bonds is 4. The average Bonchev–Trinajstić information content (AvgIpc) is 2.93. The van der Waals surface area contributed by atoms with Gasteiger partial charge in [0.15, 0.2) is 11.5 Å². The van der Waals surface area contributed by atoms with Crippen molar-refractivity contribution >= 4 is 35.1 Å². The molecule has 1 amide bonds. The first-order valence-corrected chi connectivity index (χ1v) is 10.4. The van der Waals surface area contributed by atoms with Gasteiger partial charge < -0.3 is 14.8 Å². The standard InChI is InChI=1S/C21H20ClN3O3S/c1-12-19-20(13-4-9-16(27-2)17(10-13)28-3)29-11-18(26)23-21(19)25(24-12)15-7-5-14(22)6-8-15/h4-10,20H,11H2,1-3H3,(H,23,26)/t20-/m0/s1. The highest BCUT2D eigenvalue weighted by Crippen LogP contribution is 2.45. The van der Waals surface area contributed by atoms with Gasteiger partial charge in [-0.2, -0.15) is 5.10 Å². The lowest BCUT2D eigenvalue weighted by atomic mass is 10.0. The Morgan fingerprint density at radius 3 is 2.55 bits per heavy atom. The second-order valence-corrected chi connectivity index (χ2v) is 8.12. The van der Waals surface area contributed by atoms with Crippen LogP contribution >= 0.6 is 23.4 Å². The molecule has 0 bridgehead atoms. The van der Waals surface area contributed by atoms with Gasteiger partial charge in [0.25, 0.3) is 0 Å². The normalized spacial score (nSPS) is 16.0. The molecule has 0 aliphatic carbocycles. The predicted molar refractivity (Wildman–Crippen MR) is 116 cm³/mol. The van der Waals surface area contributed by atoms with Crippen LogP contribution in [0.25, 0.3) is 5.69 Å². The molecule has 1 atom stereocenters. The molecular weight excluding hydrogens is 410 g/mol. The van der Waals surface area contributed by atoms with Crippen LogP contribution in [0.1, 0.15) is 22.1 Å². The van der Waals surface area contributed by atoms with Gasteiger partial charge in [0.1, 0.15) is 5.82 Å². The van der Waals surface area contributed by atoms with Crippen LogP contribution in [0.2, 0.25) is 5.02 Å². The number of nitrogens with zero attached hydrogens (tertiary/aromatic N) is 2. The zero-order valence-electron chi connectivity index (χ0n) is 16.2. The lowest BCUT2D eigenvalue weighted by molar-refractivity contribution is -0.113. The summed E-state index contributed by atoms with van der Waals surface area (Å²) in [6.45, 7) is 1.96. The summed E-state index contributed by atoms with van der Waals surface area (Å²) in [6.07, 6.45) is 0. The molecular formula is C21H20ClN3O3S. The minimum absolute atomic E-state index is 0.0608. The molecule has 1 aliphatic rings. The summed E-state index contributed by atoms with van der Waals surface area (Å²) in [5, 5.41) is 8.30. The number of amides is 1. The van der Waals surface area contributed by atoms with E-state index in [1.165, 1.54) is 0 Å². The molecule has 0 saturated heterocycles. The number of methoxy groups -OCH3 is 2. The fourth-order valence-electron chi connectivity index (χ4n) is 3.43. The number of nitrogens with one attached hydrogen (secondary N) is 1. The summed E-state index contributed by atoms with van der Waals surface area (Å²) < 4.78 is 12.6. The van der Waals surface area contributed by atoms with E-state index in [1.54, 1.807) is 42.8 Å². The van der Waals surface area contributed by atoms with E-state index in [0.29, 0.717) is 28.1 Å². The quantitative estimate of drug-likeness (QED) is 0.655. The number of halogens is 1. The molecule has 1 aromatic heterocycles. The highest BCUT2D eigenvalue weighted by Gasteiger charge is 2.31. The molecule has 0 unspecified atom stereocenters. The van der Waals surface area contributed by atoms with Crippen LogP contribution < -0.4 is 14.8 Å². The van der Waals surface area contributed by atoms with E-state index in [4.69, 9.17) is 26.2 Å². The molecule has 1 N–H and O–H groups in total. The van der Waals surface area contributed by atoms with Crippen molar-refractivity contribution in [2.24, 2.45) is 0 Å². The minimum Gasteiger partial charge on any atom is -0.493 e. The van der Waals surface area contributed by atoms with E-state index in [0.717, 1.165) is 22.5 Å². The first-order chi connectivity index (χ1) is 14.0. The summed E-state index contributed by atoms with van der Waals surface area (Å²) in [4.78, 5) is 12.5. The molecule has 0 spiro atoms. The van der Waals surface area contributed by atoms with Crippen LogP contribution in [0.5, 0.6) is 11.5 Å². The molecule has 150 valence electrons. The monoisotopic (exact) mass is 429 g/mol. The fraction of sp³-hybridized carbons (Fsp3) is 0.238. The molecule has 29 heavy (non-hydrogen) atoms. The van der Waals surface area contributed by atoms with Crippen LogP contribution in [0, 0.1) is 6.92 Å². The van der Waals surface area contributed by atoms with Crippen molar-refractivity contribution in [3.8, 4) is 17.2 Å². The third-order valence-electron chi connectivity index (χ3n) is 4.79. The molecule has 2 heterocycles. The molecule has 0 saturated carbocycles. The molecule has 2 aromatic carbocycles. The summed E-state index contributed by atoms with van der Waals surface area (Å²) >= 11 is 7.59. The lowest BCUT2D eigenvalue weighted by Crippen LogP contribution is -2.15. The Bertz CT molecular complexity index is 1070. The van der Waals surface area contributed by atoms with E-state index in [2.05, 4.69) is 5.32 Å². The maximum Gasteiger partial charge on any atom is 0.235 e. The number of anilines is 1.